The molecule has 4 aromatic rings. The van der Waals surface area contributed by atoms with Crippen LogP contribution in [-0.2, 0) is 0 Å². The minimum absolute atomic E-state index is 0.203. The molecule has 0 saturated heterocycles. The Morgan fingerprint density at radius 2 is 2.15 bits per heavy atom. The van der Waals surface area contributed by atoms with Crippen LogP contribution in [0.5, 0.6) is 0 Å². The first kappa shape index (κ1) is 22.2. The third-order valence-corrected chi connectivity index (χ3v) is 6.15. The summed E-state index contributed by atoms with van der Waals surface area (Å²) in [4.78, 5) is 30.1. The second-order valence-electron chi connectivity index (χ2n) is 8.36. The summed E-state index contributed by atoms with van der Waals surface area (Å²) in [6.45, 7) is 3.98. The number of benzene rings is 2. The van der Waals surface area contributed by atoms with Crippen molar-refractivity contribution in [2.75, 3.05) is 29.9 Å². The number of fused-ring (bicyclic) bond motifs is 1. The number of aryl methyl sites for hydroxylation is 1. The fourth-order valence-corrected chi connectivity index (χ4v) is 4.40. The Hall–Kier alpha value is -3.62. The molecule has 3 heterocycles. The van der Waals surface area contributed by atoms with Gasteiger partial charge in [0.05, 0.1) is 29.2 Å². The minimum atomic E-state index is -0.794. The van der Waals surface area contributed by atoms with Crippen molar-refractivity contribution >= 4 is 40.3 Å². The highest BCUT2D eigenvalue weighted by Crippen LogP contribution is 2.29. The van der Waals surface area contributed by atoms with E-state index < -0.39 is 6.10 Å². The lowest BCUT2D eigenvalue weighted by Crippen LogP contribution is -2.26. The summed E-state index contributed by atoms with van der Waals surface area (Å²) < 4.78 is 0. The van der Waals surface area contributed by atoms with Gasteiger partial charge < -0.3 is 25.3 Å². The van der Waals surface area contributed by atoms with Gasteiger partial charge in [-0.25, -0.2) is 4.98 Å². The second kappa shape index (κ2) is 9.32. The molecule has 0 bridgehead atoms. The standard InChI is InChI=1S/C25H25ClN6O2/c1-15-10-18(32-9-3-7-27-14-32)12-20-23(15)31-24(30-20)22-19(6-8-28-25(22)34)29-13-21(33)16-4-2-5-17(26)11-16/h2,4-6,8,10-12,14,21,33H,3,7,9,13H2,1H3,(H,30,31)(H2,28,29,34)/t21-/m1/s1. The second-order valence-corrected chi connectivity index (χ2v) is 8.80. The third-order valence-electron chi connectivity index (χ3n) is 5.92. The Morgan fingerprint density at radius 3 is 2.94 bits per heavy atom. The SMILES string of the molecule is Cc1cc(N2C=NCCC2)cc2[nH]c(-c3c(NC[C@@H](O)c4cccc(Cl)c4)cc[nH]c3=O)nc12. The summed E-state index contributed by atoms with van der Waals surface area (Å²) in [5, 5.41) is 14.3. The first-order valence-corrected chi connectivity index (χ1v) is 11.5. The average molecular weight is 477 g/mol. The molecule has 174 valence electrons. The number of halogens is 1. The number of pyridine rings is 1. The molecule has 0 radical (unpaired) electrons. The summed E-state index contributed by atoms with van der Waals surface area (Å²) >= 11 is 6.04. The number of hydrogen-bond acceptors (Lipinski definition) is 6. The summed E-state index contributed by atoms with van der Waals surface area (Å²) in [6.07, 6.45) is 3.66. The van der Waals surface area contributed by atoms with E-state index in [2.05, 4.69) is 31.2 Å². The number of nitrogens with zero attached hydrogens (tertiary/aromatic N) is 3. The van der Waals surface area contributed by atoms with E-state index in [1.54, 1.807) is 30.5 Å². The van der Waals surface area contributed by atoms with Crippen LogP contribution in [0, 0.1) is 6.92 Å². The molecule has 1 atom stereocenters. The molecule has 1 aliphatic heterocycles. The summed E-state index contributed by atoms with van der Waals surface area (Å²) in [5.74, 6) is 0.462. The van der Waals surface area contributed by atoms with Crippen LogP contribution in [0.25, 0.3) is 22.4 Å². The number of aromatic amines is 2. The first-order valence-electron chi connectivity index (χ1n) is 11.2. The maximum absolute atomic E-state index is 12.8. The minimum Gasteiger partial charge on any atom is -0.387 e. The molecule has 8 nitrogen and oxygen atoms in total. The van der Waals surface area contributed by atoms with Crippen molar-refractivity contribution < 1.29 is 5.11 Å². The van der Waals surface area contributed by atoms with E-state index in [0.29, 0.717) is 27.7 Å². The van der Waals surface area contributed by atoms with Gasteiger partial charge >= 0.3 is 0 Å². The van der Waals surface area contributed by atoms with Gasteiger partial charge in [0, 0.05) is 36.5 Å². The maximum Gasteiger partial charge on any atom is 0.261 e. The number of anilines is 2. The molecule has 0 fully saturated rings. The Kier molecular flexibility index (Phi) is 6.08. The van der Waals surface area contributed by atoms with Crippen molar-refractivity contribution in [2.24, 2.45) is 4.99 Å². The fraction of sp³-hybridized carbons (Fsp3) is 0.240. The first-order chi connectivity index (χ1) is 16.5. The van der Waals surface area contributed by atoms with E-state index >= 15 is 0 Å². The van der Waals surface area contributed by atoms with Gasteiger partial charge in [0.25, 0.3) is 5.56 Å². The highest BCUT2D eigenvalue weighted by molar-refractivity contribution is 6.30. The molecule has 4 N–H and O–H groups in total. The predicted molar refractivity (Wildman–Crippen MR) is 137 cm³/mol. The Labute approximate surface area is 201 Å². The normalized spacial score (nSPS) is 14.5. The van der Waals surface area contributed by atoms with E-state index in [9.17, 15) is 9.90 Å². The number of imidazole rings is 1. The van der Waals surface area contributed by atoms with Crippen LogP contribution in [-0.4, -0.2) is 46.0 Å². The zero-order valence-corrected chi connectivity index (χ0v) is 19.4. The largest absolute Gasteiger partial charge is 0.387 e. The molecule has 0 aliphatic carbocycles. The number of aromatic nitrogens is 3. The van der Waals surface area contributed by atoms with Gasteiger partial charge in [-0.3, -0.25) is 9.79 Å². The molecule has 2 aromatic carbocycles. The van der Waals surface area contributed by atoms with Crippen molar-refractivity contribution in [1.29, 1.82) is 0 Å². The summed E-state index contributed by atoms with van der Waals surface area (Å²) in [5.41, 5.74) is 5.07. The monoisotopic (exact) mass is 476 g/mol. The van der Waals surface area contributed by atoms with Crippen molar-refractivity contribution in [3.63, 3.8) is 0 Å². The van der Waals surface area contributed by atoms with Crippen molar-refractivity contribution in [2.45, 2.75) is 19.4 Å². The van der Waals surface area contributed by atoms with E-state index in [0.717, 1.165) is 41.8 Å². The zero-order chi connectivity index (χ0) is 23.7. The van der Waals surface area contributed by atoms with Crippen molar-refractivity contribution in [3.05, 3.63) is 75.2 Å². The fourth-order valence-electron chi connectivity index (χ4n) is 4.20. The van der Waals surface area contributed by atoms with Gasteiger partial charge in [-0.2, -0.15) is 0 Å². The van der Waals surface area contributed by atoms with E-state index in [4.69, 9.17) is 16.6 Å². The third kappa shape index (κ3) is 4.42. The van der Waals surface area contributed by atoms with Gasteiger partial charge in [-0.05, 0) is 54.8 Å². The zero-order valence-electron chi connectivity index (χ0n) is 18.7. The molecule has 1 aliphatic rings. The summed E-state index contributed by atoms with van der Waals surface area (Å²) in [6, 6.07) is 13.0. The molecule has 34 heavy (non-hydrogen) atoms. The number of aliphatic hydroxyl groups is 1. The van der Waals surface area contributed by atoms with Crippen LogP contribution >= 0.6 is 11.6 Å². The molecular formula is C25H25ClN6O2. The van der Waals surface area contributed by atoms with Gasteiger partial charge in [-0.15, -0.1) is 0 Å². The molecule has 0 unspecified atom stereocenters. The lowest BCUT2D eigenvalue weighted by atomic mass is 10.1. The molecule has 2 aromatic heterocycles. The van der Waals surface area contributed by atoms with Gasteiger partial charge in [0.2, 0.25) is 0 Å². The van der Waals surface area contributed by atoms with Crippen LogP contribution in [0.4, 0.5) is 11.4 Å². The van der Waals surface area contributed by atoms with Crippen molar-refractivity contribution in [1.82, 2.24) is 15.0 Å². The molecule has 5 rings (SSSR count). The summed E-state index contributed by atoms with van der Waals surface area (Å²) in [7, 11) is 0. The van der Waals surface area contributed by atoms with E-state index in [1.165, 1.54) is 0 Å². The molecule has 0 spiro atoms. The lowest BCUT2D eigenvalue weighted by Gasteiger charge is -2.22. The predicted octanol–water partition coefficient (Wildman–Crippen LogP) is 4.26. The quantitative estimate of drug-likeness (QED) is 0.332. The Morgan fingerprint density at radius 1 is 1.26 bits per heavy atom. The van der Waals surface area contributed by atoms with Crippen LogP contribution in [0.3, 0.4) is 0 Å². The Balaban J connectivity index is 1.47. The highest BCUT2D eigenvalue weighted by atomic mass is 35.5. The number of aliphatic imine (C=N–C) groups is 1. The highest BCUT2D eigenvalue weighted by Gasteiger charge is 2.18. The lowest BCUT2D eigenvalue weighted by molar-refractivity contribution is 0.191. The van der Waals surface area contributed by atoms with Crippen molar-refractivity contribution in [3.8, 4) is 11.4 Å². The molecule has 0 saturated carbocycles. The van der Waals surface area contributed by atoms with Crippen LogP contribution in [0.1, 0.15) is 23.7 Å². The number of rotatable bonds is 6. The Bertz CT molecular complexity index is 1430. The van der Waals surface area contributed by atoms with Gasteiger partial charge in [0.1, 0.15) is 11.4 Å². The van der Waals surface area contributed by atoms with Gasteiger partial charge in [0.15, 0.2) is 0 Å². The molecular weight excluding hydrogens is 452 g/mol. The number of hydrogen-bond donors (Lipinski definition) is 4. The number of nitrogens with one attached hydrogen (secondary N) is 3. The number of aliphatic hydroxyl groups excluding tert-OH is 1. The molecule has 0 amide bonds. The average Bonchev–Trinajstić information content (AvgIpc) is 3.27. The van der Waals surface area contributed by atoms with E-state index in [-0.39, 0.29) is 12.1 Å². The maximum atomic E-state index is 12.8. The van der Waals surface area contributed by atoms with Crippen LogP contribution in [0.15, 0.2) is 58.4 Å². The topological polar surface area (TPSA) is 109 Å². The van der Waals surface area contributed by atoms with Crippen LogP contribution < -0.4 is 15.8 Å². The van der Waals surface area contributed by atoms with E-state index in [1.807, 2.05) is 25.4 Å². The van der Waals surface area contributed by atoms with Crippen LogP contribution in [0.2, 0.25) is 5.02 Å². The van der Waals surface area contributed by atoms with Gasteiger partial charge in [-0.1, -0.05) is 23.7 Å². The molecule has 9 heteroatoms. The smallest absolute Gasteiger partial charge is 0.261 e. The number of H-pyrrole nitrogens is 2.